The van der Waals surface area contributed by atoms with Crippen LogP contribution in [0.15, 0.2) is 24.3 Å². The van der Waals surface area contributed by atoms with Crippen LogP contribution < -0.4 is 4.90 Å². The fraction of sp³-hybridized carbons (Fsp3) is 0.438. The Balaban J connectivity index is 1.67. The minimum absolute atomic E-state index is 0.208. The highest BCUT2D eigenvalue weighted by Gasteiger charge is 2.20. The van der Waals surface area contributed by atoms with E-state index in [1.54, 1.807) is 0 Å². The van der Waals surface area contributed by atoms with Crippen LogP contribution in [-0.2, 0) is 7.05 Å². The molecule has 7 nitrogen and oxygen atoms in total. The normalized spacial score (nSPS) is 16.5. The second-order valence-corrected chi connectivity index (χ2v) is 5.91. The average molecular weight is 312 g/mol. The molecule has 2 aromatic heterocycles. The Morgan fingerprint density at radius 1 is 1.09 bits per heavy atom. The standard InChI is InChI=1S/C16H20N6O/c1-20-13-5-3-2-4-12(13)14-15(20)17-16(19-18-14)22-8-6-21(7-9-22)10-11-23/h2-5,23H,6-11H2,1H3. The van der Waals surface area contributed by atoms with Crippen LogP contribution in [-0.4, -0.2) is 69.1 Å². The molecule has 1 fully saturated rings. The number of para-hydroxylation sites is 1. The summed E-state index contributed by atoms with van der Waals surface area (Å²) in [6.07, 6.45) is 0. The van der Waals surface area contributed by atoms with Gasteiger partial charge in [0.1, 0.15) is 5.52 Å². The van der Waals surface area contributed by atoms with Crippen molar-refractivity contribution in [2.45, 2.75) is 0 Å². The Morgan fingerprint density at radius 3 is 2.65 bits per heavy atom. The number of rotatable bonds is 3. The number of benzene rings is 1. The zero-order valence-corrected chi connectivity index (χ0v) is 13.2. The summed E-state index contributed by atoms with van der Waals surface area (Å²) in [6.45, 7) is 4.48. The van der Waals surface area contributed by atoms with Gasteiger partial charge in [-0.3, -0.25) is 4.90 Å². The van der Waals surface area contributed by atoms with Crippen molar-refractivity contribution in [3.8, 4) is 0 Å². The van der Waals surface area contributed by atoms with Gasteiger partial charge in [-0.1, -0.05) is 18.2 Å². The summed E-state index contributed by atoms with van der Waals surface area (Å²) >= 11 is 0. The topological polar surface area (TPSA) is 70.3 Å². The second-order valence-electron chi connectivity index (χ2n) is 5.91. The number of aromatic nitrogens is 4. The SMILES string of the molecule is Cn1c2ccccc2c2nnc(N3CCN(CCO)CC3)nc21. The van der Waals surface area contributed by atoms with E-state index in [0.717, 1.165) is 54.8 Å². The van der Waals surface area contributed by atoms with E-state index in [4.69, 9.17) is 10.1 Å². The van der Waals surface area contributed by atoms with Crippen LogP contribution in [0.5, 0.6) is 0 Å². The van der Waals surface area contributed by atoms with Crippen molar-refractivity contribution >= 4 is 28.0 Å². The number of piperazine rings is 1. The number of nitrogens with zero attached hydrogens (tertiary/aromatic N) is 6. The number of β-amino-alcohol motifs (C(OH)–C–C–N with tert-alkyl or cyclic N) is 1. The predicted molar refractivity (Wildman–Crippen MR) is 89.5 cm³/mol. The number of anilines is 1. The first-order valence-corrected chi connectivity index (χ1v) is 7.94. The largest absolute Gasteiger partial charge is 0.395 e. The van der Waals surface area contributed by atoms with Crippen molar-refractivity contribution in [1.82, 2.24) is 24.6 Å². The predicted octanol–water partition coefficient (Wildman–Crippen LogP) is 0.631. The van der Waals surface area contributed by atoms with E-state index in [9.17, 15) is 0 Å². The Hall–Kier alpha value is -2.25. The molecule has 3 aromatic rings. The van der Waals surface area contributed by atoms with E-state index >= 15 is 0 Å². The monoisotopic (exact) mass is 312 g/mol. The molecule has 1 aromatic carbocycles. The summed E-state index contributed by atoms with van der Waals surface area (Å²) in [4.78, 5) is 9.17. The van der Waals surface area contributed by atoms with Crippen molar-refractivity contribution < 1.29 is 5.11 Å². The van der Waals surface area contributed by atoms with Gasteiger partial charge in [-0.2, -0.15) is 4.98 Å². The number of hydrogen-bond acceptors (Lipinski definition) is 6. The second kappa shape index (κ2) is 5.75. The summed E-state index contributed by atoms with van der Waals surface area (Å²) < 4.78 is 2.07. The lowest BCUT2D eigenvalue weighted by atomic mass is 10.2. The van der Waals surface area contributed by atoms with E-state index in [-0.39, 0.29) is 6.61 Å². The van der Waals surface area contributed by atoms with Crippen LogP contribution in [0.3, 0.4) is 0 Å². The molecular weight excluding hydrogens is 292 g/mol. The van der Waals surface area contributed by atoms with Crippen molar-refractivity contribution in [2.75, 3.05) is 44.2 Å². The first-order chi connectivity index (χ1) is 11.3. The van der Waals surface area contributed by atoms with Crippen LogP contribution in [0, 0.1) is 0 Å². The van der Waals surface area contributed by atoms with Crippen LogP contribution >= 0.6 is 0 Å². The number of aliphatic hydroxyl groups excluding tert-OH is 1. The Labute approximate surface area is 134 Å². The minimum atomic E-state index is 0.208. The lowest BCUT2D eigenvalue weighted by molar-refractivity contribution is 0.188. The van der Waals surface area contributed by atoms with Crippen molar-refractivity contribution in [1.29, 1.82) is 0 Å². The molecule has 0 atom stereocenters. The van der Waals surface area contributed by atoms with E-state index in [2.05, 4.69) is 36.7 Å². The first-order valence-electron chi connectivity index (χ1n) is 7.94. The molecule has 0 bridgehead atoms. The zero-order valence-electron chi connectivity index (χ0n) is 13.2. The number of aryl methyl sites for hydroxylation is 1. The van der Waals surface area contributed by atoms with Crippen LogP contribution in [0.2, 0.25) is 0 Å². The summed E-state index contributed by atoms with van der Waals surface area (Å²) in [5.74, 6) is 0.687. The third-order valence-electron chi connectivity index (χ3n) is 4.57. The summed E-state index contributed by atoms with van der Waals surface area (Å²) in [7, 11) is 2.02. The van der Waals surface area contributed by atoms with Gasteiger partial charge in [0, 0.05) is 45.2 Å². The number of hydrogen-bond donors (Lipinski definition) is 1. The molecule has 4 rings (SSSR count). The highest BCUT2D eigenvalue weighted by molar-refractivity contribution is 6.04. The van der Waals surface area contributed by atoms with Gasteiger partial charge in [-0.05, 0) is 6.07 Å². The quantitative estimate of drug-likeness (QED) is 0.765. The maximum Gasteiger partial charge on any atom is 0.247 e. The third-order valence-corrected chi connectivity index (χ3v) is 4.57. The van der Waals surface area contributed by atoms with E-state index in [1.165, 1.54) is 0 Å². The molecule has 0 radical (unpaired) electrons. The maximum atomic E-state index is 9.03. The van der Waals surface area contributed by atoms with E-state index in [0.29, 0.717) is 5.95 Å². The van der Waals surface area contributed by atoms with Crippen LogP contribution in [0.4, 0.5) is 5.95 Å². The smallest absolute Gasteiger partial charge is 0.247 e. The molecule has 7 heteroatoms. The fourth-order valence-corrected chi connectivity index (χ4v) is 3.24. The highest BCUT2D eigenvalue weighted by atomic mass is 16.3. The molecule has 120 valence electrons. The lowest BCUT2D eigenvalue weighted by Gasteiger charge is -2.33. The Bertz CT molecular complexity index is 837. The van der Waals surface area contributed by atoms with Gasteiger partial charge in [0.25, 0.3) is 0 Å². The molecule has 1 aliphatic heterocycles. The van der Waals surface area contributed by atoms with Gasteiger partial charge in [0.2, 0.25) is 5.95 Å². The average Bonchev–Trinajstić information content (AvgIpc) is 2.89. The number of aliphatic hydroxyl groups is 1. The Morgan fingerprint density at radius 2 is 1.87 bits per heavy atom. The van der Waals surface area contributed by atoms with Gasteiger partial charge in [-0.15, -0.1) is 10.2 Å². The van der Waals surface area contributed by atoms with Gasteiger partial charge in [0.05, 0.1) is 12.1 Å². The lowest BCUT2D eigenvalue weighted by Crippen LogP contribution is -2.47. The summed E-state index contributed by atoms with van der Waals surface area (Å²) in [6, 6.07) is 8.17. The fourth-order valence-electron chi connectivity index (χ4n) is 3.24. The molecule has 1 saturated heterocycles. The maximum absolute atomic E-state index is 9.03. The van der Waals surface area contributed by atoms with Crippen LogP contribution in [0.25, 0.3) is 22.1 Å². The first kappa shape index (κ1) is 14.3. The van der Waals surface area contributed by atoms with Gasteiger partial charge in [-0.25, -0.2) is 0 Å². The molecule has 1 N–H and O–H groups in total. The molecular formula is C16H20N6O. The zero-order chi connectivity index (χ0) is 15.8. The van der Waals surface area contributed by atoms with Gasteiger partial charge in [0.15, 0.2) is 5.65 Å². The number of fused-ring (bicyclic) bond motifs is 3. The van der Waals surface area contributed by atoms with Gasteiger partial charge >= 0.3 is 0 Å². The molecule has 0 spiro atoms. The molecule has 1 aliphatic rings. The molecule has 3 heterocycles. The van der Waals surface area contributed by atoms with E-state index < -0.39 is 0 Å². The van der Waals surface area contributed by atoms with E-state index in [1.807, 2.05) is 19.2 Å². The van der Waals surface area contributed by atoms with Crippen molar-refractivity contribution in [3.05, 3.63) is 24.3 Å². The highest BCUT2D eigenvalue weighted by Crippen LogP contribution is 2.25. The van der Waals surface area contributed by atoms with Crippen molar-refractivity contribution in [2.24, 2.45) is 7.05 Å². The minimum Gasteiger partial charge on any atom is -0.395 e. The third kappa shape index (κ3) is 2.42. The molecule has 23 heavy (non-hydrogen) atoms. The van der Waals surface area contributed by atoms with Crippen LogP contribution in [0.1, 0.15) is 0 Å². The molecule has 0 saturated carbocycles. The summed E-state index contributed by atoms with van der Waals surface area (Å²) in [5, 5.41) is 18.9. The summed E-state index contributed by atoms with van der Waals surface area (Å²) in [5.41, 5.74) is 2.84. The Kier molecular flexibility index (Phi) is 3.59. The molecule has 0 amide bonds. The molecule has 0 aliphatic carbocycles. The van der Waals surface area contributed by atoms with Gasteiger partial charge < -0.3 is 14.6 Å². The molecule has 0 unspecified atom stereocenters. The van der Waals surface area contributed by atoms with Crippen molar-refractivity contribution in [3.63, 3.8) is 0 Å².